The van der Waals surface area contributed by atoms with Crippen LogP contribution in [-0.2, 0) is 10.9 Å². The summed E-state index contributed by atoms with van der Waals surface area (Å²) in [5.74, 6) is -7.96. The highest BCUT2D eigenvalue weighted by molar-refractivity contribution is 7.17. The predicted molar refractivity (Wildman–Crippen MR) is 77.3 cm³/mol. The number of hydrogen-bond donors (Lipinski definition) is 1. The fourth-order valence-corrected chi connectivity index (χ4v) is 2.64. The Hall–Kier alpha value is -2.63. The normalized spacial score (nSPS) is 11.3. The minimum Gasteiger partial charge on any atom is -0.462 e. The fraction of sp³-hybridized carbons (Fsp3) is 0.214. The first kappa shape index (κ1) is 19.7. The number of hydrogen-bond acceptors (Lipinski definition) is 5. The van der Waals surface area contributed by atoms with Crippen LogP contribution in [-0.4, -0.2) is 23.5 Å². The molecule has 1 N–H and O–H groups in total. The van der Waals surface area contributed by atoms with Crippen LogP contribution in [0.15, 0.2) is 12.1 Å². The van der Waals surface area contributed by atoms with Crippen molar-refractivity contribution in [2.45, 2.75) is 13.1 Å². The van der Waals surface area contributed by atoms with Gasteiger partial charge in [0.2, 0.25) is 0 Å². The quantitative estimate of drug-likeness (QED) is 0.480. The number of aromatic nitrogens is 1. The van der Waals surface area contributed by atoms with Gasteiger partial charge in [0.25, 0.3) is 5.91 Å². The summed E-state index contributed by atoms with van der Waals surface area (Å²) in [6.45, 7) is 1.18. The first-order chi connectivity index (χ1) is 12.1. The Kier molecular flexibility index (Phi) is 5.54. The minimum absolute atomic E-state index is 0.143. The van der Waals surface area contributed by atoms with Crippen molar-refractivity contribution in [3.63, 3.8) is 0 Å². The lowest BCUT2D eigenvalue weighted by molar-refractivity contribution is -0.141. The molecule has 0 bridgehead atoms. The first-order valence-electron chi connectivity index (χ1n) is 6.76. The van der Waals surface area contributed by atoms with Crippen LogP contribution in [0.4, 0.5) is 31.5 Å². The number of carbonyl (C=O) groups is 2. The van der Waals surface area contributed by atoms with E-state index < -0.39 is 56.8 Å². The second-order valence-corrected chi connectivity index (χ2v) is 5.59. The van der Waals surface area contributed by atoms with Gasteiger partial charge in [0.15, 0.2) is 28.3 Å². The lowest BCUT2D eigenvalue weighted by Crippen LogP contribution is -2.16. The van der Waals surface area contributed by atoms with Gasteiger partial charge in [-0.3, -0.25) is 10.1 Å². The molecular weight excluding hydrogens is 390 g/mol. The number of esters is 1. The maximum atomic E-state index is 13.6. The molecule has 0 saturated carbocycles. The molecule has 12 heteroatoms. The van der Waals surface area contributed by atoms with Crippen LogP contribution in [0.2, 0.25) is 0 Å². The van der Waals surface area contributed by atoms with Gasteiger partial charge in [0.1, 0.15) is 4.88 Å². The summed E-state index contributed by atoms with van der Waals surface area (Å²) in [6, 6.07) is 1.08. The maximum Gasteiger partial charge on any atom is 0.435 e. The Morgan fingerprint density at radius 3 is 2.42 bits per heavy atom. The van der Waals surface area contributed by atoms with Crippen molar-refractivity contribution in [3.05, 3.63) is 45.7 Å². The number of benzene rings is 1. The summed E-state index contributed by atoms with van der Waals surface area (Å²) in [5.41, 5.74) is -2.55. The third-order valence-electron chi connectivity index (χ3n) is 2.86. The van der Waals surface area contributed by atoms with E-state index in [9.17, 15) is 35.9 Å². The standard InChI is InChI=1S/C14H8F6N2O3S/c1-2-25-12(24)9-10(14(18,19)20)21-13(26-9)22-11(23)5-3-4-6(15)8(17)7(5)16/h3-4H,2H2,1H3,(H,21,22,23). The number of thiazole rings is 1. The molecule has 0 aliphatic carbocycles. The van der Waals surface area contributed by atoms with Crippen molar-refractivity contribution >= 4 is 28.3 Å². The SMILES string of the molecule is CCOC(=O)c1sc(NC(=O)c2ccc(F)c(F)c2F)nc1C(F)(F)F. The van der Waals surface area contributed by atoms with E-state index in [1.165, 1.54) is 6.92 Å². The van der Waals surface area contributed by atoms with Crippen molar-refractivity contribution in [2.75, 3.05) is 11.9 Å². The largest absolute Gasteiger partial charge is 0.462 e. The highest BCUT2D eigenvalue weighted by Gasteiger charge is 2.40. The fourth-order valence-electron chi connectivity index (χ4n) is 1.77. The van der Waals surface area contributed by atoms with E-state index >= 15 is 0 Å². The van der Waals surface area contributed by atoms with Gasteiger partial charge in [-0.2, -0.15) is 13.2 Å². The van der Waals surface area contributed by atoms with Gasteiger partial charge in [0, 0.05) is 0 Å². The second-order valence-electron chi connectivity index (χ2n) is 4.59. The minimum atomic E-state index is -5.02. The Labute approximate surface area is 145 Å². The van der Waals surface area contributed by atoms with Crippen molar-refractivity contribution in [3.8, 4) is 0 Å². The number of anilines is 1. The molecule has 0 aliphatic rings. The van der Waals surface area contributed by atoms with Crippen LogP contribution in [0.1, 0.15) is 32.6 Å². The summed E-state index contributed by atoms with van der Waals surface area (Å²) in [7, 11) is 0. The number of rotatable bonds is 4. The Morgan fingerprint density at radius 1 is 1.19 bits per heavy atom. The van der Waals surface area contributed by atoms with Gasteiger partial charge in [-0.05, 0) is 19.1 Å². The molecule has 0 radical (unpaired) electrons. The lowest BCUT2D eigenvalue weighted by Gasteiger charge is -2.05. The molecule has 140 valence electrons. The van der Waals surface area contributed by atoms with Crippen LogP contribution < -0.4 is 5.32 Å². The first-order valence-corrected chi connectivity index (χ1v) is 7.57. The maximum absolute atomic E-state index is 13.6. The monoisotopic (exact) mass is 398 g/mol. The zero-order valence-corrected chi connectivity index (χ0v) is 13.5. The molecule has 0 unspecified atom stereocenters. The number of carbonyl (C=O) groups excluding carboxylic acids is 2. The number of halogens is 6. The van der Waals surface area contributed by atoms with Crippen LogP contribution >= 0.6 is 11.3 Å². The Balaban J connectivity index is 2.37. The van der Waals surface area contributed by atoms with E-state index in [2.05, 4.69) is 9.72 Å². The molecule has 0 fully saturated rings. The van der Waals surface area contributed by atoms with Crippen LogP contribution in [0.25, 0.3) is 0 Å². The zero-order valence-electron chi connectivity index (χ0n) is 12.7. The number of nitrogens with zero attached hydrogens (tertiary/aromatic N) is 1. The number of ether oxygens (including phenoxy) is 1. The summed E-state index contributed by atoms with van der Waals surface area (Å²) < 4.78 is 82.9. The number of amides is 1. The Bertz CT molecular complexity index is 865. The van der Waals surface area contributed by atoms with E-state index in [0.717, 1.165) is 0 Å². The molecule has 1 aromatic heterocycles. The van der Waals surface area contributed by atoms with Gasteiger partial charge in [-0.15, -0.1) is 0 Å². The van der Waals surface area contributed by atoms with Gasteiger partial charge in [-0.1, -0.05) is 11.3 Å². The number of nitrogens with one attached hydrogen (secondary N) is 1. The molecule has 5 nitrogen and oxygen atoms in total. The lowest BCUT2D eigenvalue weighted by atomic mass is 10.2. The molecule has 0 spiro atoms. The van der Waals surface area contributed by atoms with Crippen LogP contribution in [0.5, 0.6) is 0 Å². The summed E-state index contributed by atoms with van der Waals surface area (Å²) >= 11 is 0.143. The van der Waals surface area contributed by atoms with E-state index in [-0.39, 0.29) is 17.9 Å². The topological polar surface area (TPSA) is 68.3 Å². The molecular formula is C14H8F6N2O3S. The van der Waals surface area contributed by atoms with Crippen LogP contribution in [0.3, 0.4) is 0 Å². The van der Waals surface area contributed by atoms with E-state index in [4.69, 9.17) is 0 Å². The second kappa shape index (κ2) is 7.32. The molecule has 1 heterocycles. The highest BCUT2D eigenvalue weighted by atomic mass is 32.1. The van der Waals surface area contributed by atoms with Gasteiger partial charge in [-0.25, -0.2) is 22.9 Å². The summed E-state index contributed by atoms with van der Waals surface area (Å²) in [6.07, 6.45) is -5.02. The molecule has 2 aromatic rings. The molecule has 1 aromatic carbocycles. The average molecular weight is 398 g/mol. The highest BCUT2D eigenvalue weighted by Crippen LogP contribution is 2.36. The van der Waals surface area contributed by atoms with Crippen molar-refractivity contribution in [1.29, 1.82) is 0 Å². The molecule has 26 heavy (non-hydrogen) atoms. The van der Waals surface area contributed by atoms with E-state index in [1.54, 1.807) is 0 Å². The molecule has 0 atom stereocenters. The predicted octanol–water partition coefficient (Wildman–Crippen LogP) is 4.01. The third kappa shape index (κ3) is 3.95. The third-order valence-corrected chi connectivity index (χ3v) is 3.81. The van der Waals surface area contributed by atoms with Gasteiger partial charge >= 0.3 is 12.1 Å². The summed E-state index contributed by atoms with van der Waals surface area (Å²) in [5, 5.41) is 1.11. The molecule has 2 rings (SSSR count). The Morgan fingerprint density at radius 2 is 1.85 bits per heavy atom. The summed E-state index contributed by atoms with van der Waals surface area (Å²) in [4.78, 5) is 25.7. The number of alkyl halides is 3. The zero-order chi connectivity index (χ0) is 19.6. The van der Waals surface area contributed by atoms with E-state index in [1.807, 2.05) is 5.32 Å². The van der Waals surface area contributed by atoms with Gasteiger partial charge < -0.3 is 4.74 Å². The van der Waals surface area contributed by atoms with Gasteiger partial charge in [0.05, 0.1) is 12.2 Å². The average Bonchev–Trinajstić information content (AvgIpc) is 2.97. The molecule has 0 saturated heterocycles. The smallest absolute Gasteiger partial charge is 0.435 e. The molecule has 1 amide bonds. The van der Waals surface area contributed by atoms with Crippen LogP contribution in [0, 0.1) is 17.5 Å². The molecule has 0 aliphatic heterocycles. The van der Waals surface area contributed by atoms with E-state index in [0.29, 0.717) is 12.1 Å². The van der Waals surface area contributed by atoms with Crippen molar-refractivity contribution in [1.82, 2.24) is 4.98 Å². The van der Waals surface area contributed by atoms with Crippen molar-refractivity contribution in [2.24, 2.45) is 0 Å². The van der Waals surface area contributed by atoms with Crippen molar-refractivity contribution < 1.29 is 40.7 Å².